The van der Waals surface area contributed by atoms with Gasteiger partial charge in [-0.25, -0.2) is 0 Å². The summed E-state index contributed by atoms with van der Waals surface area (Å²) in [5, 5.41) is 0. The van der Waals surface area contributed by atoms with E-state index in [0.29, 0.717) is 19.5 Å². The highest BCUT2D eigenvalue weighted by atomic mass is 16.7. The molecule has 114 valence electrons. The Kier molecular flexibility index (Phi) is 4.23. The van der Waals surface area contributed by atoms with E-state index in [-0.39, 0.29) is 12.7 Å². The number of carbonyl (C=O) groups is 1. The monoisotopic (exact) mass is 298 g/mol. The number of carbonyl (C=O) groups excluding carboxylic acids is 1. The van der Waals surface area contributed by atoms with E-state index in [1.165, 1.54) is 0 Å². The zero-order valence-corrected chi connectivity index (χ0v) is 12.5. The molecule has 2 heterocycles. The van der Waals surface area contributed by atoms with Gasteiger partial charge in [-0.2, -0.15) is 0 Å². The Bertz CT molecular complexity index is 658. The Labute approximate surface area is 129 Å². The predicted octanol–water partition coefficient (Wildman–Crippen LogP) is 2.75. The van der Waals surface area contributed by atoms with Gasteiger partial charge in [0.05, 0.1) is 12.2 Å². The normalized spacial score (nSPS) is 12.2. The molecule has 2 aromatic rings. The van der Waals surface area contributed by atoms with E-state index >= 15 is 0 Å². The summed E-state index contributed by atoms with van der Waals surface area (Å²) in [5.74, 6) is 1.59. The first kappa shape index (κ1) is 14.4. The molecule has 0 fully saturated rings. The second kappa shape index (κ2) is 6.47. The van der Waals surface area contributed by atoms with Crippen molar-refractivity contribution in [2.45, 2.75) is 26.4 Å². The van der Waals surface area contributed by atoms with Gasteiger partial charge < -0.3 is 14.4 Å². The molecule has 1 amide bonds. The van der Waals surface area contributed by atoms with Crippen LogP contribution in [-0.2, 0) is 17.9 Å². The van der Waals surface area contributed by atoms with Crippen LogP contribution in [0.3, 0.4) is 0 Å². The molecule has 0 bridgehead atoms. The Hall–Kier alpha value is -2.56. The smallest absolute Gasteiger partial charge is 0.231 e. The maximum absolute atomic E-state index is 12.2. The predicted molar refractivity (Wildman–Crippen MR) is 81.3 cm³/mol. The van der Waals surface area contributed by atoms with Gasteiger partial charge in [0, 0.05) is 19.2 Å². The highest BCUT2D eigenvalue weighted by Crippen LogP contribution is 2.32. The lowest BCUT2D eigenvalue weighted by molar-refractivity contribution is -0.132. The van der Waals surface area contributed by atoms with E-state index in [0.717, 1.165) is 22.8 Å². The molecule has 22 heavy (non-hydrogen) atoms. The van der Waals surface area contributed by atoms with E-state index in [1.54, 1.807) is 11.1 Å². The fourth-order valence-corrected chi connectivity index (χ4v) is 2.40. The average Bonchev–Trinajstić information content (AvgIpc) is 3.02. The number of ether oxygens (including phenoxy) is 2. The van der Waals surface area contributed by atoms with Crippen LogP contribution in [0.4, 0.5) is 0 Å². The first-order valence-corrected chi connectivity index (χ1v) is 7.32. The first-order valence-electron chi connectivity index (χ1n) is 7.32. The van der Waals surface area contributed by atoms with Gasteiger partial charge in [0.2, 0.25) is 12.7 Å². The van der Waals surface area contributed by atoms with Crippen LogP contribution in [0.5, 0.6) is 11.5 Å². The number of amides is 1. The number of benzene rings is 1. The van der Waals surface area contributed by atoms with Gasteiger partial charge in [-0.1, -0.05) is 19.1 Å². The van der Waals surface area contributed by atoms with Crippen molar-refractivity contribution >= 4 is 5.91 Å². The summed E-state index contributed by atoms with van der Waals surface area (Å²) in [6.07, 6.45) is 2.21. The standard InChI is InChI=1S/C17H18N2O3/c1-2-17(20)19(11-14-5-3-4-8-18-14)10-13-6-7-15-16(9-13)22-12-21-15/h3-9H,2,10-12H2,1H3. The zero-order chi connectivity index (χ0) is 15.4. The minimum absolute atomic E-state index is 0.100. The minimum Gasteiger partial charge on any atom is -0.454 e. The average molecular weight is 298 g/mol. The van der Waals surface area contributed by atoms with Crippen molar-refractivity contribution in [2.24, 2.45) is 0 Å². The summed E-state index contributed by atoms with van der Waals surface area (Å²) < 4.78 is 10.7. The third-order valence-electron chi connectivity index (χ3n) is 3.54. The van der Waals surface area contributed by atoms with Crippen molar-refractivity contribution in [2.75, 3.05) is 6.79 Å². The van der Waals surface area contributed by atoms with Gasteiger partial charge in [0.15, 0.2) is 11.5 Å². The molecule has 0 spiro atoms. The second-order valence-corrected chi connectivity index (χ2v) is 5.11. The molecule has 5 heteroatoms. The van der Waals surface area contributed by atoms with E-state index in [2.05, 4.69) is 4.98 Å². The van der Waals surface area contributed by atoms with Crippen molar-refractivity contribution in [3.8, 4) is 11.5 Å². The lowest BCUT2D eigenvalue weighted by Gasteiger charge is -2.22. The molecule has 0 N–H and O–H groups in total. The molecule has 1 aromatic carbocycles. The number of hydrogen-bond donors (Lipinski definition) is 0. The van der Waals surface area contributed by atoms with Crippen molar-refractivity contribution in [3.63, 3.8) is 0 Å². The van der Waals surface area contributed by atoms with Crippen LogP contribution in [0.15, 0.2) is 42.6 Å². The van der Waals surface area contributed by atoms with Crippen LogP contribution in [-0.4, -0.2) is 22.6 Å². The van der Waals surface area contributed by atoms with Gasteiger partial charge in [-0.05, 0) is 29.8 Å². The van der Waals surface area contributed by atoms with Crippen LogP contribution < -0.4 is 9.47 Å². The van der Waals surface area contributed by atoms with Gasteiger partial charge in [-0.3, -0.25) is 9.78 Å². The topological polar surface area (TPSA) is 51.7 Å². The molecule has 5 nitrogen and oxygen atoms in total. The molecule has 0 atom stereocenters. The number of hydrogen-bond acceptors (Lipinski definition) is 4. The van der Waals surface area contributed by atoms with Crippen LogP contribution in [0.25, 0.3) is 0 Å². The van der Waals surface area contributed by atoms with Crippen LogP contribution in [0, 0.1) is 0 Å². The van der Waals surface area contributed by atoms with Gasteiger partial charge in [-0.15, -0.1) is 0 Å². The van der Waals surface area contributed by atoms with Crippen LogP contribution in [0.1, 0.15) is 24.6 Å². The third kappa shape index (κ3) is 3.19. The van der Waals surface area contributed by atoms with Crippen molar-refractivity contribution in [1.29, 1.82) is 0 Å². The fourth-order valence-electron chi connectivity index (χ4n) is 2.40. The minimum atomic E-state index is 0.100. The molecule has 0 aliphatic carbocycles. The van der Waals surface area contributed by atoms with Crippen LogP contribution in [0.2, 0.25) is 0 Å². The first-order chi connectivity index (χ1) is 10.8. The third-order valence-corrected chi connectivity index (χ3v) is 3.54. The SMILES string of the molecule is CCC(=O)N(Cc1ccc2c(c1)OCO2)Cc1ccccn1. The van der Waals surface area contributed by atoms with E-state index in [1.807, 2.05) is 43.3 Å². The molecule has 0 radical (unpaired) electrons. The van der Waals surface area contributed by atoms with Crippen molar-refractivity contribution in [3.05, 3.63) is 53.9 Å². The molecule has 0 unspecified atom stereocenters. The van der Waals surface area contributed by atoms with E-state index < -0.39 is 0 Å². The lowest BCUT2D eigenvalue weighted by Crippen LogP contribution is -2.29. The summed E-state index contributed by atoms with van der Waals surface area (Å²) in [7, 11) is 0. The maximum Gasteiger partial charge on any atom is 0.231 e. The summed E-state index contributed by atoms with van der Waals surface area (Å²) in [6, 6.07) is 11.5. The molecule has 1 aliphatic heterocycles. The molecular formula is C17H18N2O3. The van der Waals surface area contributed by atoms with Crippen molar-refractivity contribution in [1.82, 2.24) is 9.88 Å². The molecule has 0 saturated carbocycles. The number of nitrogens with zero attached hydrogens (tertiary/aromatic N) is 2. The molecule has 3 rings (SSSR count). The number of aromatic nitrogens is 1. The van der Waals surface area contributed by atoms with Gasteiger partial charge >= 0.3 is 0 Å². The molecule has 0 saturated heterocycles. The zero-order valence-electron chi connectivity index (χ0n) is 12.5. The summed E-state index contributed by atoms with van der Waals surface area (Å²) in [6.45, 7) is 3.15. The van der Waals surface area contributed by atoms with Gasteiger partial charge in [0.25, 0.3) is 0 Å². The Balaban J connectivity index is 1.76. The quantitative estimate of drug-likeness (QED) is 0.851. The maximum atomic E-state index is 12.2. The Morgan fingerprint density at radius 2 is 2.05 bits per heavy atom. The summed E-state index contributed by atoms with van der Waals surface area (Å²) >= 11 is 0. The highest BCUT2D eigenvalue weighted by molar-refractivity contribution is 5.75. The number of pyridine rings is 1. The van der Waals surface area contributed by atoms with Gasteiger partial charge in [0.1, 0.15) is 0 Å². The molecule has 1 aliphatic rings. The Morgan fingerprint density at radius 3 is 2.82 bits per heavy atom. The lowest BCUT2D eigenvalue weighted by atomic mass is 10.1. The van der Waals surface area contributed by atoms with Crippen LogP contribution >= 0.6 is 0 Å². The van der Waals surface area contributed by atoms with E-state index in [4.69, 9.17) is 9.47 Å². The largest absolute Gasteiger partial charge is 0.454 e. The fraction of sp³-hybridized carbons (Fsp3) is 0.294. The highest BCUT2D eigenvalue weighted by Gasteiger charge is 2.17. The number of rotatable bonds is 5. The molecular weight excluding hydrogens is 280 g/mol. The van der Waals surface area contributed by atoms with E-state index in [9.17, 15) is 4.79 Å². The summed E-state index contributed by atoms with van der Waals surface area (Å²) in [5.41, 5.74) is 1.90. The molecule has 1 aromatic heterocycles. The second-order valence-electron chi connectivity index (χ2n) is 5.11. The number of fused-ring (bicyclic) bond motifs is 1. The van der Waals surface area contributed by atoms with Crippen molar-refractivity contribution < 1.29 is 14.3 Å². The Morgan fingerprint density at radius 1 is 1.18 bits per heavy atom. The summed E-state index contributed by atoms with van der Waals surface area (Å²) in [4.78, 5) is 18.3.